The van der Waals surface area contributed by atoms with Crippen molar-refractivity contribution >= 4 is 23.2 Å². The van der Waals surface area contributed by atoms with Crippen LogP contribution in [0.5, 0.6) is 0 Å². The van der Waals surface area contributed by atoms with E-state index < -0.39 is 0 Å². The first-order chi connectivity index (χ1) is 9.96. The average molecular weight is 305 g/mol. The van der Waals surface area contributed by atoms with Gasteiger partial charge in [-0.05, 0) is 23.3 Å². The lowest BCUT2D eigenvalue weighted by molar-refractivity contribution is -0.124. The molecule has 1 atom stereocenters. The Bertz CT molecular complexity index is 648. The zero-order valence-corrected chi connectivity index (χ0v) is 13.0. The Kier molecular flexibility index (Phi) is 3.24. The van der Waals surface area contributed by atoms with Gasteiger partial charge in [-0.2, -0.15) is 4.98 Å². The molecule has 1 aliphatic rings. The van der Waals surface area contributed by atoms with Gasteiger partial charge in [0.2, 0.25) is 11.9 Å². The molecule has 0 unspecified atom stereocenters. The van der Waals surface area contributed by atoms with Gasteiger partial charge in [0.25, 0.3) is 0 Å². The van der Waals surface area contributed by atoms with Crippen LogP contribution < -0.4 is 11.1 Å². The van der Waals surface area contributed by atoms with Gasteiger partial charge in [0.05, 0.1) is 5.41 Å². The van der Waals surface area contributed by atoms with Gasteiger partial charge >= 0.3 is 0 Å². The molecule has 2 aromatic heterocycles. The normalized spacial score (nSPS) is 23.0. The molecule has 0 aromatic carbocycles. The van der Waals surface area contributed by atoms with Crippen LogP contribution in [0.4, 0.5) is 5.95 Å². The van der Waals surface area contributed by atoms with E-state index >= 15 is 0 Å². The van der Waals surface area contributed by atoms with Crippen LogP contribution in [-0.4, -0.2) is 27.6 Å². The number of carbonyl (C=O) groups is 1. The SMILES string of the molecule is CC1(C)C[C@]1(C(=O)NCCc1nc(N)n[nH]1)c1cccs1. The summed E-state index contributed by atoms with van der Waals surface area (Å²) in [5, 5.41) is 11.6. The molecule has 0 spiro atoms. The molecule has 0 bridgehead atoms. The Hall–Kier alpha value is -1.89. The number of amides is 1. The number of hydrogen-bond donors (Lipinski definition) is 3. The maximum atomic E-state index is 12.7. The lowest BCUT2D eigenvalue weighted by Crippen LogP contribution is -2.38. The first-order valence-electron chi connectivity index (χ1n) is 6.95. The van der Waals surface area contributed by atoms with Crippen LogP contribution in [0, 0.1) is 5.41 Å². The molecule has 112 valence electrons. The molecular formula is C14H19N5OS. The Morgan fingerprint density at radius 1 is 1.57 bits per heavy atom. The minimum Gasteiger partial charge on any atom is -0.367 e. The van der Waals surface area contributed by atoms with E-state index in [1.54, 1.807) is 11.3 Å². The highest BCUT2D eigenvalue weighted by molar-refractivity contribution is 7.10. The predicted molar refractivity (Wildman–Crippen MR) is 81.9 cm³/mol. The molecule has 1 amide bonds. The van der Waals surface area contributed by atoms with Crippen molar-refractivity contribution in [2.45, 2.75) is 32.1 Å². The van der Waals surface area contributed by atoms with E-state index in [-0.39, 0.29) is 22.7 Å². The van der Waals surface area contributed by atoms with Crippen molar-refractivity contribution in [3.05, 3.63) is 28.2 Å². The van der Waals surface area contributed by atoms with E-state index in [0.29, 0.717) is 18.8 Å². The highest BCUT2D eigenvalue weighted by Crippen LogP contribution is 2.65. The van der Waals surface area contributed by atoms with Crippen LogP contribution in [-0.2, 0) is 16.6 Å². The van der Waals surface area contributed by atoms with Crippen LogP contribution in [0.15, 0.2) is 17.5 Å². The number of H-pyrrole nitrogens is 1. The number of nitrogens with two attached hydrogens (primary N) is 1. The molecule has 21 heavy (non-hydrogen) atoms. The Labute approximate surface area is 127 Å². The molecule has 1 fully saturated rings. The number of hydrogen-bond acceptors (Lipinski definition) is 5. The van der Waals surface area contributed by atoms with E-state index in [4.69, 9.17) is 5.73 Å². The first-order valence-corrected chi connectivity index (χ1v) is 7.83. The zero-order chi connectivity index (χ0) is 15.1. The largest absolute Gasteiger partial charge is 0.367 e. The molecule has 0 radical (unpaired) electrons. The summed E-state index contributed by atoms with van der Waals surface area (Å²) in [5.41, 5.74) is 5.09. The van der Waals surface area contributed by atoms with Gasteiger partial charge in [-0.3, -0.25) is 9.89 Å². The molecule has 2 heterocycles. The molecule has 3 rings (SSSR count). The third-order valence-electron chi connectivity index (χ3n) is 4.26. The lowest BCUT2D eigenvalue weighted by Gasteiger charge is -2.18. The highest BCUT2D eigenvalue weighted by atomic mass is 32.1. The van der Waals surface area contributed by atoms with Crippen molar-refractivity contribution in [2.75, 3.05) is 12.3 Å². The van der Waals surface area contributed by atoms with Gasteiger partial charge in [-0.25, -0.2) is 0 Å². The van der Waals surface area contributed by atoms with Crippen molar-refractivity contribution < 1.29 is 4.79 Å². The van der Waals surface area contributed by atoms with E-state index in [9.17, 15) is 4.79 Å². The third kappa shape index (κ3) is 2.31. The quantitative estimate of drug-likeness (QED) is 0.779. The van der Waals surface area contributed by atoms with Crippen LogP contribution in [0.3, 0.4) is 0 Å². The third-order valence-corrected chi connectivity index (χ3v) is 5.29. The van der Waals surface area contributed by atoms with Crippen LogP contribution in [0.2, 0.25) is 0 Å². The van der Waals surface area contributed by atoms with Gasteiger partial charge in [-0.1, -0.05) is 19.9 Å². The Balaban J connectivity index is 1.64. The fourth-order valence-corrected chi connectivity index (χ4v) is 4.03. The summed E-state index contributed by atoms with van der Waals surface area (Å²) >= 11 is 1.65. The van der Waals surface area contributed by atoms with E-state index in [0.717, 1.165) is 11.3 Å². The second-order valence-corrected chi connectivity index (χ2v) is 7.04. The molecule has 1 aliphatic carbocycles. The number of nitrogens with zero attached hydrogens (tertiary/aromatic N) is 2. The summed E-state index contributed by atoms with van der Waals surface area (Å²) in [6.45, 7) is 4.81. The number of carbonyl (C=O) groups excluding carboxylic acids is 1. The number of nitrogen functional groups attached to an aromatic ring is 1. The molecule has 0 saturated heterocycles. The first kappa shape index (κ1) is 14.1. The van der Waals surface area contributed by atoms with E-state index in [1.165, 1.54) is 0 Å². The van der Waals surface area contributed by atoms with Gasteiger partial charge in [0.15, 0.2) is 0 Å². The summed E-state index contributed by atoms with van der Waals surface area (Å²) in [5.74, 6) is 1.02. The Morgan fingerprint density at radius 2 is 2.33 bits per heavy atom. The van der Waals surface area contributed by atoms with Crippen molar-refractivity contribution in [1.82, 2.24) is 20.5 Å². The maximum absolute atomic E-state index is 12.7. The summed E-state index contributed by atoms with van der Waals surface area (Å²) in [6, 6.07) is 4.05. The van der Waals surface area contributed by atoms with Gasteiger partial charge in [-0.15, -0.1) is 16.4 Å². The van der Waals surface area contributed by atoms with Gasteiger partial charge in [0.1, 0.15) is 5.82 Å². The molecule has 7 heteroatoms. The van der Waals surface area contributed by atoms with Crippen LogP contribution in [0.1, 0.15) is 31.0 Å². The second-order valence-electron chi connectivity index (χ2n) is 6.09. The number of thiophene rings is 1. The van der Waals surface area contributed by atoms with Crippen LogP contribution >= 0.6 is 11.3 Å². The topological polar surface area (TPSA) is 96.7 Å². The molecule has 6 nitrogen and oxygen atoms in total. The standard InChI is InChI=1S/C14H19N5OS/c1-13(2)8-14(13,9-4-3-7-21-9)11(20)16-6-5-10-17-12(15)19-18-10/h3-4,7H,5-6,8H2,1-2H3,(H,16,20)(H3,15,17,18,19)/t14-/m1/s1. The van der Waals surface area contributed by atoms with Crippen molar-refractivity contribution in [2.24, 2.45) is 5.41 Å². The molecule has 4 N–H and O–H groups in total. The van der Waals surface area contributed by atoms with E-state index in [2.05, 4.69) is 40.4 Å². The fourth-order valence-electron chi connectivity index (χ4n) is 2.93. The number of rotatable bonds is 5. The number of nitrogens with one attached hydrogen (secondary N) is 2. The minimum atomic E-state index is -0.373. The smallest absolute Gasteiger partial charge is 0.239 e. The number of aromatic amines is 1. The van der Waals surface area contributed by atoms with Gasteiger partial charge < -0.3 is 11.1 Å². The number of aromatic nitrogens is 3. The van der Waals surface area contributed by atoms with Crippen molar-refractivity contribution in [3.8, 4) is 0 Å². The number of anilines is 1. The summed E-state index contributed by atoms with van der Waals surface area (Å²) in [4.78, 5) is 17.8. The Morgan fingerprint density at radius 3 is 2.86 bits per heavy atom. The zero-order valence-electron chi connectivity index (χ0n) is 12.1. The summed E-state index contributed by atoms with van der Waals surface area (Å²) in [6.07, 6.45) is 1.48. The average Bonchev–Trinajstić information content (AvgIpc) is 2.87. The lowest BCUT2D eigenvalue weighted by atomic mass is 9.93. The fraction of sp³-hybridized carbons (Fsp3) is 0.500. The molecular weight excluding hydrogens is 286 g/mol. The summed E-state index contributed by atoms with van der Waals surface area (Å²) < 4.78 is 0. The minimum absolute atomic E-state index is 0.0125. The monoisotopic (exact) mass is 305 g/mol. The maximum Gasteiger partial charge on any atom is 0.239 e. The molecule has 2 aromatic rings. The molecule has 1 saturated carbocycles. The highest BCUT2D eigenvalue weighted by Gasteiger charge is 2.67. The van der Waals surface area contributed by atoms with Crippen molar-refractivity contribution in [3.63, 3.8) is 0 Å². The van der Waals surface area contributed by atoms with Crippen molar-refractivity contribution in [1.29, 1.82) is 0 Å². The summed E-state index contributed by atoms with van der Waals surface area (Å²) in [7, 11) is 0. The van der Waals surface area contributed by atoms with Crippen LogP contribution in [0.25, 0.3) is 0 Å². The molecule has 0 aliphatic heterocycles. The second kappa shape index (κ2) is 4.84. The predicted octanol–water partition coefficient (Wildman–Crippen LogP) is 1.48. The van der Waals surface area contributed by atoms with E-state index in [1.807, 2.05) is 11.4 Å². The van der Waals surface area contributed by atoms with Gasteiger partial charge in [0, 0.05) is 17.8 Å².